The molecule has 5 rings (SSSR count). The van der Waals surface area contributed by atoms with E-state index < -0.39 is 0 Å². The number of thiazole rings is 1. The lowest BCUT2D eigenvalue weighted by Crippen LogP contribution is -2.31. The number of amides is 1. The van der Waals surface area contributed by atoms with E-state index in [1.807, 2.05) is 77.7 Å². The number of hydrogen-bond acceptors (Lipinski definition) is 3. The molecule has 3 nitrogen and oxygen atoms in total. The van der Waals surface area contributed by atoms with E-state index in [0.717, 1.165) is 31.9 Å². The highest BCUT2D eigenvalue weighted by Gasteiger charge is 2.20. The topological polar surface area (TPSA) is 33.2 Å². The molecular weight excluding hydrogens is 388 g/mol. The zero-order valence-corrected chi connectivity index (χ0v) is 17.2. The van der Waals surface area contributed by atoms with Crippen molar-refractivity contribution in [3.8, 4) is 0 Å². The summed E-state index contributed by atoms with van der Waals surface area (Å²) in [5, 5.41) is 3.07. The molecule has 0 aliphatic rings. The number of carbonyl (C=O) groups is 1. The summed E-state index contributed by atoms with van der Waals surface area (Å²) in [6.07, 6.45) is 0.341. The van der Waals surface area contributed by atoms with E-state index in [1.165, 1.54) is 5.39 Å². The van der Waals surface area contributed by atoms with E-state index in [-0.39, 0.29) is 5.91 Å². The van der Waals surface area contributed by atoms with Crippen LogP contribution in [0.4, 0.5) is 5.13 Å². The van der Waals surface area contributed by atoms with Gasteiger partial charge >= 0.3 is 0 Å². The van der Waals surface area contributed by atoms with Crippen molar-refractivity contribution < 1.29 is 4.79 Å². The lowest BCUT2D eigenvalue weighted by atomic mass is 10.0. The molecule has 146 valence electrons. The lowest BCUT2D eigenvalue weighted by molar-refractivity contribution is -0.118. The summed E-state index contributed by atoms with van der Waals surface area (Å²) in [6, 6.07) is 32.5. The Morgan fingerprint density at radius 2 is 1.50 bits per heavy atom. The zero-order chi connectivity index (χ0) is 20.3. The summed E-state index contributed by atoms with van der Waals surface area (Å²) in [5.41, 5.74) is 3.02. The number of hydrogen-bond donors (Lipinski definition) is 0. The number of benzene rings is 4. The van der Waals surface area contributed by atoms with Crippen molar-refractivity contribution in [1.82, 2.24) is 4.98 Å². The molecule has 1 amide bonds. The molecule has 0 bridgehead atoms. The van der Waals surface area contributed by atoms with Crippen LogP contribution < -0.4 is 4.90 Å². The molecule has 0 unspecified atom stereocenters. The van der Waals surface area contributed by atoms with Crippen LogP contribution in [0.2, 0.25) is 0 Å². The largest absolute Gasteiger partial charge is 0.283 e. The molecule has 0 fully saturated rings. The number of fused-ring (bicyclic) bond motifs is 2. The Balaban J connectivity index is 1.48. The van der Waals surface area contributed by atoms with Crippen molar-refractivity contribution >= 4 is 43.4 Å². The van der Waals surface area contributed by atoms with E-state index in [9.17, 15) is 4.79 Å². The minimum absolute atomic E-state index is 0.0493. The first-order valence-corrected chi connectivity index (χ1v) is 10.8. The predicted molar refractivity (Wildman–Crippen MR) is 125 cm³/mol. The van der Waals surface area contributed by atoms with E-state index in [2.05, 4.69) is 24.3 Å². The second kappa shape index (κ2) is 8.09. The summed E-state index contributed by atoms with van der Waals surface area (Å²) in [7, 11) is 0. The Kier molecular flexibility index (Phi) is 4.99. The normalized spacial score (nSPS) is 11.1. The minimum Gasteiger partial charge on any atom is -0.283 e. The number of aromatic nitrogens is 1. The van der Waals surface area contributed by atoms with Gasteiger partial charge in [-0.3, -0.25) is 9.69 Å². The van der Waals surface area contributed by atoms with Gasteiger partial charge in [0.05, 0.1) is 23.2 Å². The molecule has 30 heavy (non-hydrogen) atoms. The van der Waals surface area contributed by atoms with Gasteiger partial charge in [0.15, 0.2) is 5.13 Å². The van der Waals surface area contributed by atoms with Gasteiger partial charge < -0.3 is 0 Å². The van der Waals surface area contributed by atoms with Crippen LogP contribution in [0.5, 0.6) is 0 Å². The van der Waals surface area contributed by atoms with Gasteiger partial charge in [0.2, 0.25) is 5.91 Å². The molecule has 0 N–H and O–H groups in total. The Morgan fingerprint density at radius 3 is 2.33 bits per heavy atom. The smallest absolute Gasteiger partial charge is 0.233 e. The van der Waals surface area contributed by atoms with E-state index in [1.54, 1.807) is 11.3 Å². The van der Waals surface area contributed by atoms with Gasteiger partial charge in [-0.1, -0.05) is 96.3 Å². The number of carbonyl (C=O) groups excluding carboxylic acids is 1. The Morgan fingerprint density at radius 1 is 0.767 bits per heavy atom. The van der Waals surface area contributed by atoms with Gasteiger partial charge in [-0.05, 0) is 34.0 Å². The highest BCUT2D eigenvalue weighted by atomic mass is 32.1. The molecule has 0 aliphatic carbocycles. The number of rotatable bonds is 5. The fourth-order valence-electron chi connectivity index (χ4n) is 3.62. The third kappa shape index (κ3) is 3.82. The summed E-state index contributed by atoms with van der Waals surface area (Å²) in [4.78, 5) is 20.0. The van der Waals surface area contributed by atoms with Crippen molar-refractivity contribution in [3.05, 3.63) is 108 Å². The first kappa shape index (κ1) is 18.5. The molecule has 0 saturated heterocycles. The molecule has 0 saturated carbocycles. The van der Waals surface area contributed by atoms with Gasteiger partial charge in [0.1, 0.15) is 0 Å². The van der Waals surface area contributed by atoms with Gasteiger partial charge in [-0.15, -0.1) is 0 Å². The van der Waals surface area contributed by atoms with Gasteiger partial charge in [0.25, 0.3) is 0 Å². The molecule has 4 aromatic carbocycles. The van der Waals surface area contributed by atoms with Gasteiger partial charge in [-0.25, -0.2) is 4.98 Å². The fourth-order valence-corrected chi connectivity index (χ4v) is 4.60. The van der Waals surface area contributed by atoms with Crippen LogP contribution in [0.25, 0.3) is 21.0 Å². The second-order valence-corrected chi connectivity index (χ2v) is 8.30. The molecular formula is C26H20N2OS. The third-order valence-electron chi connectivity index (χ3n) is 5.17. The van der Waals surface area contributed by atoms with Crippen LogP contribution in [0.15, 0.2) is 97.1 Å². The van der Waals surface area contributed by atoms with Crippen LogP contribution in [0, 0.1) is 0 Å². The molecule has 5 aromatic rings. The SMILES string of the molecule is O=C(Cc1ccc2ccccc2c1)N(Cc1ccccc1)c1nc2ccccc2s1. The lowest BCUT2D eigenvalue weighted by Gasteiger charge is -2.20. The number of anilines is 1. The minimum atomic E-state index is 0.0493. The summed E-state index contributed by atoms with van der Waals surface area (Å²) >= 11 is 1.56. The average molecular weight is 409 g/mol. The molecule has 0 radical (unpaired) electrons. The van der Waals surface area contributed by atoms with Crippen molar-refractivity contribution in [2.45, 2.75) is 13.0 Å². The van der Waals surface area contributed by atoms with E-state index >= 15 is 0 Å². The Hall–Kier alpha value is -3.50. The van der Waals surface area contributed by atoms with Crippen molar-refractivity contribution in [1.29, 1.82) is 0 Å². The highest BCUT2D eigenvalue weighted by Crippen LogP contribution is 2.30. The number of para-hydroxylation sites is 1. The first-order valence-electron chi connectivity index (χ1n) is 9.94. The van der Waals surface area contributed by atoms with Crippen LogP contribution >= 0.6 is 11.3 Å². The van der Waals surface area contributed by atoms with Crippen molar-refractivity contribution in [2.75, 3.05) is 4.90 Å². The molecule has 0 aliphatic heterocycles. The predicted octanol–water partition coefficient (Wildman–Crippen LogP) is 6.23. The van der Waals surface area contributed by atoms with E-state index in [4.69, 9.17) is 4.98 Å². The standard InChI is InChI=1S/C26H20N2OS/c29-25(17-20-14-15-21-10-4-5-11-22(21)16-20)28(18-19-8-2-1-3-9-19)26-27-23-12-6-7-13-24(23)30-26/h1-16H,17-18H2. The summed E-state index contributed by atoms with van der Waals surface area (Å²) in [5.74, 6) is 0.0493. The zero-order valence-electron chi connectivity index (χ0n) is 16.4. The first-order chi connectivity index (χ1) is 14.8. The quantitative estimate of drug-likeness (QED) is 0.346. The third-order valence-corrected chi connectivity index (χ3v) is 6.23. The summed E-state index contributed by atoms with van der Waals surface area (Å²) < 4.78 is 1.09. The molecule has 4 heteroatoms. The fraction of sp³-hybridized carbons (Fsp3) is 0.0769. The average Bonchev–Trinajstić information content (AvgIpc) is 3.22. The second-order valence-electron chi connectivity index (χ2n) is 7.29. The van der Waals surface area contributed by atoms with E-state index in [0.29, 0.717) is 13.0 Å². The van der Waals surface area contributed by atoms with Crippen molar-refractivity contribution in [2.24, 2.45) is 0 Å². The monoisotopic (exact) mass is 408 g/mol. The Bertz CT molecular complexity index is 1290. The van der Waals surface area contributed by atoms with Crippen LogP contribution in [-0.4, -0.2) is 10.9 Å². The van der Waals surface area contributed by atoms with Gasteiger partial charge in [0, 0.05) is 0 Å². The van der Waals surface area contributed by atoms with Crippen LogP contribution in [0.1, 0.15) is 11.1 Å². The number of nitrogens with zero attached hydrogens (tertiary/aromatic N) is 2. The maximum absolute atomic E-state index is 13.4. The van der Waals surface area contributed by atoms with Crippen LogP contribution in [-0.2, 0) is 17.8 Å². The maximum atomic E-state index is 13.4. The molecule has 0 spiro atoms. The highest BCUT2D eigenvalue weighted by molar-refractivity contribution is 7.22. The van der Waals surface area contributed by atoms with Crippen molar-refractivity contribution in [3.63, 3.8) is 0 Å². The summed E-state index contributed by atoms with van der Waals surface area (Å²) in [6.45, 7) is 0.507. The van der Waals surface area contributed by atoms with Crippen LogP contribution in [0.3, 0.4) is 0 Å². The molecule has 1 aromatic heterocycles. The molecule has 0 atom stereocenters. The molecule has 1 heterocycles. The Labute approximate surface area is 179 Å². The maximum Gasteiger partial charge on any atom is 0.233 e. The van der Waals surface area contributed by atoms with Gasteiger partial charge in [-0.2, -0.15) is 0 Å².